The van der Waals surface area contributed by atoms with Crippen molar-refractivity contribution in [2.45, 2.75) is 18.2 Å². The van der Waals surface area contributed by atoms with Crippen molar-refractivity contribution in [1.29, 1.82) is 0 Å². The van der Waals surface area contributed by atoms with Crippen LogP contribution in [0, 0.1) is 13.8 Å². The second-order valence-electron chi connectivity index (χ2n) is 6.92. The first-order valence-corrected chi connectivity index (χ1v) is 12.4. The highest BCUT2D eigenvalue weighted by atomic mass is 32.2. The lowest BCUT2D eigenvalue weighted by atomic mass is 10.1. The number of carbonyl (C=O) groups is 2. The second kappa shape index (κ2) is 10.1. The van der Waals surface area contributed by atoms with Gasteiger partial charge >= 0.3 is 0 Å². The van der Waals surface area contributed by atoms with E-state index < -0.39 is 0 Å². The smallest absolute Gasteiger partial charge is 0.262 e. The number of amides is 2. The maximum atomic E-state index is 12.3. The molecule has 0 saturated heterocycles. The summed E-state index contributed by atoms with van der Waals surface area (Å²) in [6, 6.07) is 11.3. The molecular formula is C22H20N4O3S3. The van der Waals surface area contributed by atoms with Gasteiger partial charge in [0.2, 0.25) is 5.91 Å². The third-order valence-electron chi connectivity index (χ3n) is 4.51. The Bertz CT molecular complexity index is 1250. The molecule has 0 aliphatic heterocycles. The maximum Gasteiger partial charge on any atom is 0.262 e. The van der Waals surface area contributed by atoms with Gasteiger partial charge in [-0.15, -0.1) is 22.7 Å². The largest absolute Gasteiger partial charge is 0.484 e. The van der Waals surface area contributed by atoms with Crippen molar-refractivity contribution >= 4 is 67.3 Å². The molecule has 7 nitrogen and oxygen atoms in total. The number of benzene rings is 2. The van der Waals surface area contributed by atoms with E-state index in [1.807, 2.05) is 49.6 Å². The van der Waals surface area contributed by atoms with Gasteiger partial charge in [-0.1, -0.05) is 17.8 Å². The fourth-order valence-electron chi connectivity index (χ4n) is 2.76. The van der Waals surface area contributed by atoms with E-state index in [0.29, 0.717) is 16.6 Å². The Morgan fingerprint density at radius 3 is 2.72 bits per heavy atom. The molecule has 4 rings (SSSR count). The summed E-state index contributed by atoms with van der Waals surface area (Å²) in [5.74, 6) is 0.557. The molecule has 0 aliphatic carbocycles. The lowest BCUT2D eigenvalue weighted by molar-refractivity contribution is -0.118. The maximum absolute atomic E-state index is 12.3. The number of carbonyl (C=O) groups excluding carboxylic acids is 2. The summed E-state index contributed by atoms with van der Waals surface area (Å²) in [6.45, 7) is 3.97. The molecule has 0 bridgehead atoms. The number of anilines is 2. The van der Waals surface area contributed by atoms with Gasteiger partial charge in [0.15, 0.2) is 16.1 Å². The Morgan fingerprint density at radius 2 is 1.94 bits per heavy atom. The van der Waals surface area contributed by atoms with E-state index in [4.69, 9.17) is 4.74 Å². The molecule has 2 N–H and O–H groups in total. The van der Waals surface area contributed by atoms with E-state index in [2.05, 4.69) is 20.6 Å². The van der Waals surface area contributed by atoms with Crippen molar-refractivity contribution in [2.24, 2.45) is 0 Å². The average Bonchev–Trinajstić information content (AvgIpc) is 3.42. The number of hydrogen-bond donors (Lipinski definition) is 2. The highest BCUT2D eigenvalue weighted by Crippen LogP contribution is 2.31. The molecule has 0 saturated carbocycles. The summed E-state index contributed by atoms with van der Waals surface area (Å²) in [6.07, 6.45) is 1.65. The van der Waals surface area contributed by atoms with Gasteiger partial charge < -0.3 is 15.4 Å². The van der Waals surface area contributed by atoms with Crippen LogP contribution in [-0.4, -0.2) is 34.1 Å². The fraction of sp³-hybridized carbons (Fsp3) is 0.182. The Morgan fingerprint density at radius 1 is 1.06 bits per heavy atom. The van der Waals surface area contributed by atoms with Crippen molar-refractivity contribution in [3.63, 3.8) is 0 Å². The van der Waals surface area contributed by atoms with Crippen LogP contribution in [0.2, 0.25) is 0 Å². The van der Waals surface area contributed by atoms with Crippen LogP contribution in [0.15, 0.2) is 52.3 Å². The van der Waals surface area contributed by atoms with Gasteiger partial charge in [0.1, 0.15) is 5.75 Å². The van der Waals surface area contributed by atoms with Gasteiger partial charge in [-0.05, 0) is 55.3 Å². The molecule has 2 heterocycles. The zero-order valence-electron chi connectivity index (χ0n) is 17.4. The molecule has 0 fully saturated rings. The molecule has 32 heavy (non-hydrogen) atoms. The van der Waals surface area contributed by atoms with Crippen molar-refractivity contribution < 1.29 is 14.3 Å². The molecule has 0 spiro atoms. The van der Waals surface area contributed by atoms with E-state index >= 15 is 0 Å². The number of thiazole rings is 2. The second-order valence-corrected chi connectivity index (χ2v) is 10.1. The molecule has 4 aromatic rings. The minimum atomic E-state index is -0.236. The highest BCUT2D eigenvalue weighted by Gasteiger charge is 2.11. The molecule has 0 radical (unpaired) electrons. The van der Waals surface area contributed by atoms with Crippen LogP contribution in [0.3, 0.4) is 0 Å². The summed E-state index contributed by atoms with van der Waals surface area (Å²) < 4.78 is 7.31. The van der Waals surface area contributed by atoms with Crippen LogP contribution in [0.4, 0.5) is 10.8 Å². The minimum Gasteiger partial charge on any atom is -0.484 e. The molecule has 0 unspecified atom stereocenters. The first-order chi connectivity index (χ1) is 15.5. The van der Waals surface area contributed by atoms with Crippen molar-refractivity contribution in [2.75, 3.05) is 23.0 Å². The fourth-order valence-corrected chi connectivity index (χ4v) is 5.21. The average molecular weight is 485 g/mol. The summed E-state index contributed by atoms with van der Waals surface area (Å²) in [5, 5.41) is 8.00. The van der Waals surface area contributed by atoms with Crippen LogP contribution < -0.4 is 15.4 Å². The summed E-state index contributed by atoms with van der Waals surface area (Å²) >= 11 is 4.22. The van der Waals surface area contributed by atoms with Gasteiger partial charge in [0.25, 0.3) is 5.91 Å². The number of fused-ring (bicyclic) bond motifs is 1. The van der Waals surface area contributed by atoms with Crippen LogP contribution >= 0.6 is 34.4 Å². The van der Waals surface area contributed by atoms with Gasteiger partial charge in [-0.3, -0.25) is 9.59 Å². The SMILES string of the molecule is Cc1ccc(OCC(=O)Nc2ccc3nc(SCC(=O)Nc4nccs4)sc3c2)cc1C. The first kappa shape index (κ1) is 22.3. The zero-order chi connectivity index (χ0) is 22.5. The van der Waals surface area contributed by atoms with Crippen molar-refractivity contribution in [3.8, 4) is 5.75 Å². The number of nitrogens with zero attached hydrogens (tertiary/aromatic N) is 2. The topological polar surface area (TPSA) is 93.2 Å². The molecule has 2 aromatic heterocycles. The number of nitrogens with one attached hydrogen (secondary N) is 2. The van der Waals surface area contributed by atoms with Crippen LogP contribution in [0.25, 0.3) is 10.2 Å². The van der Waals surface area contributed by atoms with E-state index in [-0.39, 0.29) is 24.2 Å². The lowest BCUT2D eigenvalue weighted by Gasteiger charge is -2.09. The third kappa shape index (κ3) is 5.84. The molecule has 0 atom stereocenters. The van der Waals surface area contributed by atoms with Gasteiger partial charge in [0.05, 0.1) is 16.0 Å². The van der Waals surface area contributed by atoms with Gasteiger partial charge in [-0.2, -0.15) is 0 Å². The lowest BCUT2D eigenvalue weighted by Crippen LogP contribution is -2.20. The summed E-state index contributed by atoms with van der Waals surface area (Å²) in [5.41, 5.74) is 3.79. The molecule has 2 amide bonds. The standard InChI is InChI=1S/C22H20N4O3S3/c1-13-3-5-16(9-14(13)2)29-11-19(27)24-15-4-6-17-18(10-15)32-22(25-17)31-12-20(28)26-21-23-7-8-30-21/h3-10H,11-12H2,1-2H3,(H,24,27)(H,23,26,28). The van der Waals surface area contributed by atoms with Crippen molar-refractivity contribution in [1.82, 2.24) is 9.97 Å². The van der Waals surface area contributed by atoms with Crippen LogP contribution in [0.5, 0.6) is 5.75 Å². The Balaban J connectivity index is 1.31. The van der Waals surface area contributed by atoms with Crippen molar-refractivity contribution in [3.05, 3.63) is 59.1 Å². The number of hydrogen-bond acceptors (Lipinski definition) is 8. The van der Waals surface area contributed by atoms with E-state index in [1.165, 1.54) is 40.0 Å². The Labute approximate surface area is 197 Å². The number of aryl methyl sites for hydroxylation is 2. The summed E-state index contributed by atoms with van der Waals surface area (Å²) in [7, 11) is 0. The number of aromatic nitrogens is 2. The van der Waals surface area contributed by atoms with E-state index in [9.17, 15) is 9.59 Å². The zero-order valence-corrected chi connectivity index (χ0v) is 19.8. The van der Waals surface area contributed by atoms with E-state index in [0.717, 1.165) is 20.1 Å². The molecular weight excluding hydrogens is 464 g/mol. The third-order valence-corrected chi connectivity index (χ3v) is 7.36. The van der Waals surface area contributed by atoms with Crippen LogP contribution in [-0.2, 0) is 9.59 Å². The molecule has 2 aromatic carbocycles. The molecule has 164 valence electrons. The van der Waals surface area contributed by atoms with Gasteiger partial charge in [-0.25, -0.2) is 9.97 Å². The predicted octanol–water partition coefficient (Wildman–Crippen LogP) is 5.12. The molecule has 0 aliphatic rings. The quantitative estimate of drug-likeness (QED) is 0.337. The Kier molecular flexibility index (Phi) is 7.03. The molecule has 10 heteroatoms. The Hall–Kier alpha value is -2.95. The van der Waals surface area contributed by atoms with Gasteiger partial charge in [0, 0.05) is 17.3 Å². The minimum absolute atomic E-state index is 0.0709. The number of rotatable bonds is 8. The predicted molar refractivity (Wildman–Crippen MR) is 131 cm³/mol. The van der Waals surface area contributed by atoms with Crippen LogP contribution in [0.1, 0.15) is 11.1 Å². The highest BCUT2D eigenvalue weighted by molar-refractivity contribution is 8.01. The normalized spacial score (nSPS) is 10.8. The number of thioether (sulfide) groups is 1. The summed E-state index contributed by atoms with van der Waals surface area (Å²) in [4.78, 5) is 32.9. The monoisotopic (exact) mass is 484 g/mol. The first-order valence-electron chi connectivity index (χ1n) is 9.69. The van der Waals surface area contributed by atoms with E-state index in [1.54, 1.807) is 12.3 Å². The number of ether oxygens (including phenoxy) is 1.